The van der Waals surface area contributed by atoms with Crippen molar-refractivity contribution in [3.8, 4) is 0 Å². The van der Waals surface area contributed by atoms with Gasteiger partial charge < -0.3 is 5.73 Å². The topological polar surface area (TPSA) is 38.4 Å². The lowest BCUT2D eigenvalue weighted by Gasteiger charge is -1.84. The molecule has 0 aromatic rings. The molecule has 0 heterocycles. The van der Waals surface area contributed by atoms with Crippen LogP contribution < -0.4 is 5.73 Å². The highest BCUT2D eigenvalue weighted by Crippen LogP contribution is 1.73. The molecular formula is C6H12N2. The molecule has 8 heavy (non-hydrogen) atoms. The maximum absolute atomic E-state index is 5.25. The van der Waals surface area contributed by atoms with Crippen molar-refractivity contribution < 1.29 is 0 Å². The molecule has 0 unspecified atom stereocenters. The number of hydrogen-bond acceptors (Lipinski definition) is 1. The molecule has 0 amide bonds. The molecular weight excluding hydrogens is 100 g/mol. The summed E-state index contributed by atoms with van der Waals surface area (Å²) in [7, 11) is 0. The van der Waals surface area contributed by atoms with Gasteiger partial charge in [-0.05, 0) is 13.8 Å². The SMILES string of the molecule is C/C=C\CN=C(C)N. The Morgan fingerprint density at radius 1 is 1.75 bits per heavy atom. The van der Waals surface area contributed by atoms with Gasteiger partial charge in [0.15, 0.2) is 0 Å². The predicted octanol–water partition coefficient (Wildman–Crippen LogP) is 0.940. The number of hydrogen-bond donors (Lipinski definition) is 1. The van der Waals surface area contributed by atoms with E-state index in [2.05, 4.69) is 4.99 Å². The standard InChI is InChI=1S/C6H12N2/c1-3-4-5-8-6(2)7/h3-4H,5H2,1-2H3,(H2,7,8)/b4-3-. The molecule has 0 rings (SSSR count). The maximum atomic E-state index is 5.25. The largest absolute Gasteiger partial charge is 0.388 e. The highest BCUT2D eigenvalue weighted by molar-refractivity contribution is 5.77. The van der Waals surface area contributed by atoms with Crippen LogP contribution in [0.2, 0.25) is 0 Å². The monoisotopic (exact) mass is 112 g/mol. The second kappa shape index (κ2) is 4.37. The molecule has 0 spiro atoms. The summed E-state index contributed by atoms with van der Waals surface area (Å²) < 4.78 is 0. The van der Waals surface area contributed by atoms with E-state index in [9.17, 15) is 0 Å². The third-order valence-corrected chi connectivity index (χ3v) is 0.682. The number of rotatable bonds is 2. The Bertz CT molecular complexity index is 99.1. The van der Waals surface area contributed by atoms with Gasteiger partial charge in [-0.3, -0.25) is 4.99 Å². The molecule has 2 N–H and O–H groups in total. The first-order chi connectivity index (χ1) is 3.77. The van der Waals surface area contributed by atoms with Crippen LogP contribution in [-0.2, 0) is 0 Å². The van der Waals surface area contributed by atoms with Crippen molar-refractivity contribution in [3.05, 3.63) is 12.2 Å². The molecule has 0 aliphatic carbocycles. The van der Waals surface area contributed by atoms with Crippen LogP contribution in [0.25, 0.3) is 0 Å². The number of nitrogens with zero attached hydrogens (tertiary/aromatic N) is 1. The summed E-state index contributed by atoms with van der Waals surface area (Å²) in [5.41, 5.74) is 5.25. The van der Waals surface area contributed by atoms with Crippen LogP contribution in [0.15, 0.2) is 17.1 Å². The Hall–Kier alpha value is -0.790. The molecule has 0 aromatic heterocycles. The quantitative estimate of drug-likeness (QED) is 0.322. The highest BCUT2D eigenvalue weighted by atomic mass is 14.8. The summed E-state index contributed by atoms with van der Waals surface area (Å²) in [6, 6.07) is 0. The third-order valence-electron chi connectivity index (χ3n) is 0.682. The van der Waals surface area contributed by atoms with E-state index in [-0.39, 0.29) is 0 Å². The molecule has 0 saturated carbocycles. The maximum Gasteiger partial charge on any atom is 0.0909 e. The van der Waals surface area contributed by atoms with Crippen LogP contribution in [0.4, 0.5) is 0 Å². The lowest BCUT2D eigenvalue weighted by molar-refractivity contribution is 1.22. The first-order valence-electron chi connectivity index (χ1n) is 2.65. The first kappa shape index (κ1) is 7.21. The second-order valence-electron chi connectivity index (χ2n) is 1.55. The zero-order chi connectivity index (χ0) is 6.41. The number of amidine groups is 1. The molecule has 0 aliphatic heterocycles. The van der Waals surface area contributed by atoms with E-state index < -0.39 is 0 Å². The van der Waals surface area contributed by atoms with Crippen LogP contribution in [0, 0.1) is 0 Å². The van der Waals surface area contributed by atoms with Crippen LogP contribution in [0.1, 0.15) is 13.8 Å². The molecule has 0 atom stereocenters. The minimum Gasteiger partial charge on any atom is -0.388 e. The average molecular weight is 112 g/mol. The molecule has 2 nitrogen and oxygen atoms in total. The normalized spacial score (nSPS) is 13.0. The van der Waals surface area contributed by atoms with E-state index in [4.69, 9.17) is 5.73 Å². The van der Waals surface area contributed by atoms with E-state index in [1.807, 2.05) is 19.1 Å². The van der Waals surface area contributed by atoms with Crippen LogP contribution in [0.3, 0.4) is 0 Å². The van der Waals surface area contributed by atoms with Gasteiger partial charge in [0.2, 0.25) is 0 Å². The Labute approximate surface area is 50.1 Å². The minimum absolute atomic E-state index is 0.642. The molecule has 0 fully saturated rings. The van der Waals surface area contributed by atoms with Gasteiger partial charge in [-0.2, -0.15) is 0 Å². The Kier molecular flexibility index (Phi) is 3.94. The molecule has 0 aliphatic rings. The fourth-order valence-electron chi connectivity index (χ4n) is 0.302. The summed E-state index contributed by atoms with van der Waals surface area (Å²) in [5.74, 6) is 0.642. The van der Waals surface area contributed by atoms with Crippen molar-refractivity contribution in [2.75, 3.05) is 6.54 Å². The van der Waals surface area contributed by atoms with Crippen molar-refractivity contribution in [2.45, 2.75) is 13.8 Å². The van der Waals surface area contributed by atoms with Crippen LogP contribution in [-0.4, -0.2) is 12.4 Å². The molecule has 0 aromatic carbocycles. The molecule has 2 heteroatoms. The van der Waals surface area contributed by atoms with E-state index in [1.54, 1.807) is 6.92 Å². The van der Waals surface area contributed by atoms with E-state index in [0.717, 1.165) is 0 Å². The predicted molar refractivity (Wildman–Crippen MR) is 37.0 cm³/mol. The molecule has 0 radical (unpaired) electrons. The molecule has 46 valence electrons. The third kappa shape index (κ3) is 5.21. The smallest absolute Gasteiger partial charge is 0.0909 e. The zero-order valence-corrected chi connectivity index (χ0v) is 5.39. The van der Waals surface area contributed by atoms with Gasteiger partial charge in [0.25, 0.3) is 0 Å². The summed E-state index contributed by atoms with van der Waals surface area (Å²) in [6.07, 6.45) is 3.91. The first-order valence-corrected chi connectivity index (χ1v) is 2.65. The highest BCUT2D eigenvalue weighted by Gasteiger charge is 1.71. The van der Waals surface area contributed by atoms with Crippen LogP contribution in [0.5, 0.6) is 0 Å². The van der Waals surface area contributed by atoms with Gasteiger partial charge in [-0.25, -0.2) is 0 Å². The average Bonchev–Trinajstić information content (AvgIpc) is 1.66. The van der Waals surface area contributed by atoms with E-state index in [0.29, 0.717) is 12.4 Å². The Morgan fingerprint density at radius 3 is 2.75 bits per heavy atom. The molecule has 0 bridgehead atoms. The van der Waals surface area contributed by atoms with Gasteiger partial charge in [-0.15, -0.1) is 0 Å². The number of aliphatic imine (C=N–C) groups is 1. The van der Waals surface area contributed by atoms with Crippen LogP contribution >= 0.6 is 0 Å². The molecule has 0 saturated heterocycles. The Balaban J connectivity index is 3.30. The van der Waals surface area contributed by atoms with Gasteiger partial charge in [0, 0.05) is 0 Å². The fourth-order valence-corrected chi connectivity index (χ4v) is 0.302. The van der Waals surface area contributed by atoms with E-state index >= 15 is 0 Å². The number of nitrogens with two attached hydrogens (primary N) is 1. The van der Waals surface area contributed by atoms with Crippen molar-refractivity contribution in [1.82, 2.24) is 0 Å². The van der Waals surface area contributed by atoms with Crippen molar-refractivity contribution in [1.29, 1.82) is 0 Å². The van der Waals surface area contributed by atoms with Crippen molar-refractivity contribution in [2.24, 2.45) is 10.7 Å². The fraction of sp³-hybridized carbons (Fsp3) is 0.500. The van der Waals surface area contributed by atoms with Crippen molar-refractivity contribution in [3.63, 3.8) is 0 Å². The van der Waals surface area contributed by atoms with Crippen molar-refractivity contribution >= 4 is 5.84 Å². The summed E-state index contributed by atoms with van der Waals surface area (Å²) in [6.45, 7) is 4.45. The van der Waals surface area contributed by atoms with Gasteiger partial charge in [-0.1, -0.05) is 12.2 Å². The lowest BCUT2D eigenvalue weighted by atomic mass is 10.5. The summed E-state index contributed by atoms with van der Waals surface area (Å²) in [5, 5.41) is 0. The number of allylic oxidation sites excluding steroid dienone is 1. The lowest BCUT2D eigenvalue weighted by Crippen LogP contribution is -2.05. The Morgan fingerprint density at radius 2 is 2.38 bits per heavy atom. The second-order valence-corrected chi connectivity index (χ2v) is 1.55. The van der Waals surface area contributed by atoms with Gasteiger partial charge in [0.05, 0.1) is 12.4 Å². The van der Waals surface area contributed by atoms with E-state index in [1.165, 1.54) is 0 Å². The van der Waals surface area contributed by atoms with Gasteiger partial charge in [0.1, 0.15) is 0 Å². The van der Waals surface area contributed by atoms with Gasteiger partial charge >= 0.3 is 0 Å². The summed E-state index contributed by atoms with van der Waals surface area (Å²) >= 11 is 0. The minimum atomic E-state index is 0.642. The zero-order valence-electron chi connectivity index (χ0n) is 5.39. The summed E-state index contributed by atoms with van der Waals surface area (Å²) in [4.78, 5) is 3.92.